The maximum absolute atomic E-state index is 12.4. The topological polar surface area (TPSA) is 22.0 Å². The molecule has 24 heavy (non-hydrogen) atoms. The highest BCUT2D eigenvalue weighted by molar-refractivity contribution is 5.80. The number of nitrogens with zero attached hydrogens (tertiary/aromatic N) is 1. The molecule has 0 aliphatic rings. The molecule has 2 heteroatoms. The van der Waals surface area contributed by atoms with Gasteiger partial charge in [0.2, 0.25) is 0 Å². The van der Waals surface area contributed by atoms with Crippen LogP contribution in [0, 0.1) is 0 Å². The van der Waals surface area contributed by atoms with Crippen LogP contribution >= 0.6 is 0 Å². The van der Waals surface area contributed by atoms with E-state index < -0.39 is 0 Å². The zero-order valence-corrected chi connectivity index (χ0v) is 15.3. The summed E-state index contributed by atoms with van der Waals surface area (Å²) in [6, 6.07) is 9.76. The van der Waals surface area contributed by atoms with Gasteiger partial charge in [-0.2, -0.15) is 0 Å². The fourth-order valence-electron chi connectivity index (χ4n) is 3.12. The van der Waals surface area contributed by atoms with Crippen LogP contribution in [0.25, 0.3) is 17.0 Å². The van der Waals surface area contributed by atoms with Crippen LogP contribution in [-0.2, 0) is 6.54 Å². The molecule has 2 aromatic rings. The summed E-state index contributed by atoms with van der Waals surface area (Å²) in [6.45, 7) is 5.42. The first-order valence-electron chi connectivity index (χ1n) is 9.57. The lowest BCUT2D eigenvalue weighted by Crippen LogP contribution is -2.12. The lowest BCUT2D eigenvalue weighted by molar-refractivity contribution is 0.636. The average Bonchev–Trinajstić information content (AvgIpc) is 2.60. The monoisotopic (exact) mass is 325 g/mol. The Morgan fingerprint density at radius 1 is 0.958 bits per heavy atom. The van der Waals surface area contributed by atoms with Crippen molar-refractivity contribution in [3.05, 3.63) is 52.3 Å². The summed E-state index contributed by atoms with van der Waals surface area (Å²) < 4.78 is 2.30. The molecule has 0 saturated heterocycles. The largest absolute Gasteiger partial charge is 0.341 e. The van der Waals surface area contributed by atoms with Gasteiger partial charge < -0.3 is 4.57 Å². The third-order valence-corrected chi connectivity index (χ3v) is 4.55. The Morgan fingerprint density at radius 3 is 2.50 bits per heavy atom. The Labute approximate surface area is 146 Å². The first kappa shape index (κ1) is 18.5. The maximum atomic E-state index is 12.4. The van der Waals surface area contributed by atoms with Crippen molar-refractivity contribution in [1.29, 1.82) is 0 Å². The van der Waals surface area contributed by atoms with Crippen LogP contribution in [0.2, 0.25) is 0 Å². The van der Waals surface area contributed by atoms with Gasteiger partial charge in [-0.3, -0.25) is 4.79 Å². The van der Waals surface area contributed by atoms with Crippen LogP contribution in [0.1, 0.15) is 70.9 Å². The fraction of sp³-hybridized carbons (Fsp3) is 0.500. The number of allylic oxidation sites excluding steroid dienone is 1. The SMILES string of the molecule is CCCCCCC/C=C/c1cc(=O)c2ccccc2n1CCCC. The first-order valence-corrected chi connectivity index (χ1v) is 9.57. The summed E-state index contributed by atoms with van der Waals surface area (Å²) in [6.07, 6.45) is 14.3. The minimum atomic E-state index is 0.126. The molecule has 0 aliphatic heterocycles. The van der Waals surface area contributed by atoms with Crippen LogP contribution < -0.4 is 5.43 Å². The summed E-state index contributed by atoms with van der Waals surface area (Å²) in [5.74, 6) is 0. The van der Waals surface area contributed by atoms with Gasteiger partial charge in [-0.25, -0.2) is 0 Å². The number of fused-ring (bicyclic) bond motifs is 1. The van der Waals surface area contributed by atoms with E-state index in [-0.39, 0.29) is 5.43 Å². The molecule has 2 rings (SSSR count). The summed E-state index contributed by atoms with van der Waals surface area (Å²) in [5, 5.41) is 0.824. The highest BCUT2D eigenvalue weighted by Gasteiger charge is 2.06. The molecule has 0 atom stereocenters. The number of pyridine rings is 1. The molecule has 0 fully saturated rings. The Kier molecular flexibility index (Phi) is 7.81. The highest BCUT2D eigenvalue weighted by Crippen LogP contribution is 2.16. The Bertz CT molecular complexity index is 711. The van der Waals surface area contributed by atoms with Gasteiger partial charge in [-0.15, -0.1) is 0 Å². The summed E-state index contributed by atoms with van der Waals surface area (Å²) in [4.78, 5) is 12.4. The van der Waals surface area contributed by atoms with Crippen molar-refractivity contribution in [3.63, 3.8) is 0 Å². The molecule has 0 amide bonds. The zero-order chi connectivity index (χ0) is 17.2. The number of unbranched alkanes of at least 4 members (excludes halogenated alkanes) is 6. The summed E-state index contributed by atoms with van der Waals surface area (Å²) in [5.41, 5.74) is 2.22. The van der Waals surface area contributed by atoms with Crippen molar-refractivity contribution >= 4 is 17.0 Å². The number of benzene rings is 1. The highest BCUT2D eigenvalue weighted by atomic mass is 16.1. The van der Waals surface area contributed by atoms with Crippen molar-refractivity contribution < 1.29 is 0 Å². The van der Waals surface area contributed by atoms with Crippen LogP contribution in [0.4, 0.5) is 0 Å². The zero-order valence-electron chi connectivity index (χ0n) is 15.3. The third kappa shape index (κ3) is 5.09. The second-order valence-corrected chi connectivity index (χ2v) is 6.56. The number of para-hydroxylation sites is 1. The van der Waals surface area contributed by atoms with E-state index in [2.05, 4.69) is 36.6 Å². The standard InChI is InChI=1S/C22H31NO/c1-3-5-7-8-9-10-11-14-19-18-22(24)20-15-12-13-16-21(20)23(19)17-6-4-2/h11-16,18H,3-10,17H2,1-2H3/b14-11+. The number of hydrogen-bond acceptors (Lipinski definition) is 1. The van der Waals surface area contributed by atoms with E-state index in [1.165, 1.54) is 32.1 Å². The van der Waals surface area contributed by atoms with E-state index in [1.807, 2.05) is 18.2 Å². The molecule has 1 heterocycles. The molecule has 2 nitrogen and oxygen atoms in total. The molecule has 0 unspecified atom stereocenters. The minimum Gasteiger partial charge on any atom is -0.341 e. The molecule has 1 aromatic carbocycles. The van der Waals surface area contributed by atoms with Crippen molar-refractivity contribution in [1.82, 2.24) is 4.57 Å². The van der Waals surface area contributed by atoms with Gasteiger partial charge >= 0.3 is 0 Å². The van der Waals surface area contributed by atoms with Gasteiger partial charge in [0.1, 0.15) is 0 Å². The van der Waals surface area contributed by atoms with E-state index in [0.29, 0.717) is 0 Å². The van der Waals surface area contributed by atoms with Crippen molar-refractivity contribution in [3.8, 4) is 0 Å². The molecule has 0 aliphatic carbocycles. The Balaban J connectivity index is 2.17. The van der Waals surface area contributed by atoms with E-state index in [1.54, 1.807) is 6.07 Å². The second kappa shape index (κ2) is 10.1. The number of aromatic nitrogens is 1. The molecular weight excluding hydrogens is 294 g/mol. The summed E-state index contributed by atoms with van der Waals surface area (Å²) >= 11 is 0. The van der Waals surface area contributed by atoms with E-state index in [4.69, 9.17) is 0 Å². The fourth-order valence-corrected chi connectivity index (χ4v) is 3.12. The van der Waals surface area contributed by atoms with Gasteiger partial charge in [-0.05, 0) is 37.5 Å². The third-order valence-electron chi connectivity index (χ3n) is 4.55. The van der Waals surface area contributed by atoms with Gasteiger partial charge in [0.05, 0.1) is 5.52 Å². The predicted octanol–water partition coefficient (Wildman–Crippen LogP) is 6.18. The second-order valence-electron chi connectivity index (χ2n) is 6.56. The minimum absolute atomic E-state index is 0.126. The molecular formula is C22H31NO. The maximum Gasteiger partial charge on any atom is 0.190 e. The van der Waals surface area contributed by atoms with Gasteiger partial charge in [0.25, 0.3) is 0 Å². The molecule has 0 spiro atoms. The Morgan fingerprint density at radius 2 is 1.71 bits per heavy atom. The normalized spacial score (nSPS) is 11.6. The molecule has 0 N–H and O–H groups in total. The van der Waals surface area contributed by atoms with Gasteiger partial charge in [0, 0.05) is 23.7 Å². The van der Waals surface area contributed by atoms with E-state index in [0.717, 1.165) is 42.4 Å². The van der Waals surface area contributed by atoms with Crippen LogP contribution in [0.5, 0.6) is 0 Å². The molecule has 130 valence electrons. The first-order chi connectivity index (χ1) is 11.8. The number of aryl methyl sites for hydroxylation is 1. The van der Waals surface area contributed by atoms with Gasteiger partial charge in [-0.1, -0.05) is 64.2 Å². The molecule has 0 radical (unpaired) electrons. The van der Waals surface area contributed by atoms with Crippen molar-refractivity contribution in [2.24, 2.45) is 0 Å². The average molecular weight is 325 g/mol. The van der Waals surface area contributed by atoms with Crippen molar-refractivity contribution in [2.75, 3.05) is 0 Å². The molecule has 0 bridgehead atoms. The number of hydrogen-bond donors (Lipinski definition) is 0. The molecule has 1 aromatic heterocycles. The number of rotatable bonds is 10. The lowest BCUT2D eigenvalue weighted by Gasteiger charge is -2.14. The predicted molar refractivity (Wildman–Crippen MR) is 106 cm³/mol. The Hall–Kier alpha value is -1.83. The van der Waals surface area contributed by atoms with Crippen LogP contribution in [0.3, 0.4) is 0 Å². The van der Waals surface area contributed by atoms with Crippen molar-refractivity contribution in [2.45, 2.75) is 71.8 Å². The smallest absolute Gasteiger partial charge is 0.190 e. The van der Waals surface area contributed by atoms with E-state index in [9.17, 15) is 4.79 Å². The molecule has 0 saturated carbocycles. The van der Waals surface area contributed by atoms with Gasteiger partial charge in [0.15, 0.2) is 5.43 Å². The van der Waals surface area contributed by atoms with Crippen LogP contribution in [-0.4, -0.2) is 4.57 Å². The summed E-state index contributed by atoms with van der Waals surface area (Å²) in [7, 11) is 0. The van der Waals surface area contributed by atoms with E-state index >= 15 is 0 Å². The lowest BCUT2D eigenvalue weighted by atomic mass is 10.1. The van der Waals surface area contributed by atoms with Crippen LogP contribution in [0.15, 0.2) is 41.2 Å². The quantitative estimate of drug-likeness (QED) is 0.478.